The summed E-state index contributed by atoms with van der Waals surface area (Å²) in [7, 11) is 2.21. The van der Waals surface area contributed by atoms with Crippen molar-refractivity contribution < 1.29 is 4.74 Å². The minimum absolute atomic E-state index is 0.397. The maximum atomic E-state index is 5.41. The van der Waals surface area contributed by atoms with E-state index in [1.54, 1.807) is 0 Å². The highest BCUT2D eigenvalue weighted by atomic mass is 16.5. The molecule has 0 radical (unpaired) electrons. The molecule has 1 heterocycles. The van der Waals surface area contributed by atoms with Gasteiger partial charge in [-0.3, -0.25) is 0 Å². The van der Waals surface area contributed by atoms with E-state index in [0.29, 0.717) is 5.41 Å². The number of hydrogen-bond acceptors (Lipinski definition) is 3. The summed E-state index contributed by atoms with van der Waals surface area (Å²) in [5, 5.41) is 3.52. The van der Waals surface area contributed by atoms with Crippen LogP contribution in [0.1, 0.15) is 33.6 Å². The molecule has 0 aromatic heterocycles. The highest BCUT2D eigenvalue weighted by Crippen LogP contribution is 2.32. The molecule has 0 saturated carbocycles. The van der Waals surface area contributed by atoms with Gasteiger partial charge >= 0.3 is 0 Å². The van der Waals surface area contributed by atoms with Crippen LogP contribution in [0.3, 0.4) is 0 Å². The lowest BCUT2D eigenvalue weighted by Gasteiger charge is -2.39. The van der Waals surface area contributed by atoms with Crippen LogP contribution in [0.2, 0.25) is 0 Å². The number of nitrogens with one attached hydrogen (secondary N) is 1. The maximum absolute atomic E-state index is 5.41. The van der Waals surface area contributed by atoms with E-state index in [1.807, 2.05) is 0 Å². The van der Waals surface area contributed by atoms with Crippen LogP contribution < -0.4 is 5.32 Å². The first kappa shape index (κ1) is 14.9. The smallest absolute Gasteiger partial charge is 0.0593 e. The van der Waals surface area contributed by atoms with Crippen molar-refractivity contribution in [3.8, 4) is 0 Å². The van der Waals surface area contributed by atoms with Crippen molar-refractivity contribution in [2.45, 2.75) is 33.6 Å². The second kappa shape index (κ2) is 7.34. The lowest BCUT2D eigenvalue weighted by atomic mass is 9.74. The molecule has 1 N–H and O–H groups in total. The van der Waals surface area contributed by atoms with Gasteiger partial charge in [0.1, 0.15) is 0 Å². The Labute approximate surface area is 107 Å². The molecule has 1 aliphatic heterocycles. The second-order valence-electron chi connectivity index (χ2n) is 5.97. The predicted molar refractivity (Wildman–Crippen MR) is 73.4 cm³/mol. The zero-order valence-corrected chi connectivity index (χ0v) is 12.1. The molecule has 1 fully saturated rings. The van der Waals surface area contributed by atoms with Crippen molar-refractivity contribution in [3.05, 3.63) is 0 Å². The quantitative estimate of drug-likeness (QED) is 0.691. The Hall–Kier alpha value is -0.120. The fourth-order valence-corrected chi connectivity index (χ4v) is 2.79. The van der Waals surface area contributed by atoms with Crippen LogP contribution >= 0.6 is 0 Å². The number of nitrogens with zero attached hydrogens (tertiary/aromatic N) is 1. The molecular weight excluding hydrogens is 212 g/mol. The predicted octanol–water partition coefficient (Wildman–Crippen LogP) is 1.98. The zero-order valence-electron chi connectivity index (χ0n) is 12.1. The summed E-state index contributed by atoms with van der Waals surface area (Å²) in [5.74, 6) is 0.811. The highest BCUT2D eigenvalue weighted by molar-refractivity contribution is 4.84. The third kappa shape index (κ3) is 5.36. The summed E-state index contributed by atoms with van der Waals surface area (Å²) in [6, 6.07) is 0. The van der Waals surface area contributed by atoms with Crippen LogP contribution in [-0.2, 0) is 4.74 Å². The number of hydrogen-bond donors (Lipinski definition) is 1. The number of rotatable bonds is 7. The molecule has 0 bridgehead atoms. The van der Waals surface area contributed by atoms with Gasteiger partial charge < -0.3 is 15.0 Å². The minimum Gasteiger partial charge on any atom is -0.380 e. The highest BCUT2D eigenvalue weighted by Gasteiger charge is 2.31. The van der Waals surface area contributed by atoms with E-state index in [1.165, 1.54) is 25.9 Å². The minimum atomic E-state index is 0.397. The van der Waals surface area contributed by atoms with E-state index in [0.717, 1.165) is 32.2 Å². The first-order valence-electron chi connectivity index (χ1n) is 7.03. The van der Waals surface area contributed by atoms with Crippen molar-refractivity contribution in [2.24, 2.45) is 11.3 Å². The molecule has 1 atom stereocenters. The molecule has 17 heavy (non-hydrogen) atoms. The fraction of sp³-hybridized carbons (Fsp3) is 1.00. The molecule has 3 heteroatoms. The molecule has 0 aromatic carbocycles. The number of likely N-dealkylation sites (N-methyl/N-ethyl adjacent to an activating group) is 1. The van der Waals surface area contributed by atoms with Crippen molar-refractivity contribution in [1.82, 2.24) is 10.2 Å². The van der Waals surface area contributed by atoms with Crippen LogP contribution in [0.25, 0.3) is 0 Å². The normalized spacial score (nSPS) is 22.1. The molecule has 0 aromatic rings. The van der Waals surface area contributed by atoms with E-state index < -0.39 is 0 Å². The average molecular weight is 242 g/mol. The van der Waals surface area contributed by atoms with Crippen molar-refractivity contribution in [2.75, 3.05) is 46.4 Å². The Morgan fingerprint density at radius 3 is 2.76 bits per heavy atom. The SMILES string of the molecule is CCOCCN(C)CC(C)(C)C1CCCNC1. The lowest BCUT2D eigenvalue weighted by Crippen LogP contribution is -2.44. The van der Waals surface area contributed by atoms with Gasteiger partial charge in [-0.1, -0.05) is 13.8 Å². The van der Waals surface area contributed by atoms with Gasteiger partial charge in [-0.15, -0.1) is 0 Å². The molecule has 102 valence electrons. The van der Waals surface area contributed by atoms with Gasteiger partial charge in [0.15, 0.2) is 0 Å². The molecule has 0 spiro atoms. The third-order valence-electron chi connectivity index (χ3n) is 3.90. The average Bonchev–Trinajstić information content (AvgIpc) is 2.30. The topological polar surface area (TPSA) is 24.5 Å². The monoisotopic (exact) mass is 242 g/mol. The number of piperidine rings is 1. The largest absolute Gasteiger partial charge is 0.380 e. The molecule has 3 nitrogen and oxygen atoms in total. The summed E-state index contributed by atoms with van der Waals surface area (Å²) >= 11 is 0. The van der Waals surface area contributed by atoms with Gasteiger partial charge in [-0.2, -0.15) is 0 Å². The van der Waals surface area contributed by atoms with Gasteiger partial charge in [0.2, 0.25) is 0 Å². The van der Waals surface area contributed by atoms with Crippen molar-refractivity contribution in [3.63, 3.8) is 0 Å². The van der Waals surface area contributed by atoms with Gasteiger partial charge in [0.25, 0.3) is 0 Å². The molecule has 1 aliphatic rings. The van der Waals surface area contributed by atoms with Crippen molar-refractivity contribution >= 4 is 0 Å². The van der Waals surface area contributed by atoms with Gasteiger partial charge in [-0.25, -0.2) is 0 Å². The summed E-state index contributed by atoms with van der Waals surface area (Å²) in [6.07, 6.45) is 2.70. The van der Waals surface area contributed by atoms with Crippen LogP contribution in [0.4, 0.5) is 0 Å². The number of ether oxygens (including phenoxy) is 1. The van der Waals surface area contributed by atoms with Crippen LogP contribution in [0, 0.1) is 11.3 Å². The Morgan fingerprint density at radius 2 is 2.18 bits per heavy atom. The Balaban J connectivity index is 2.30. The summed E-state index contributed by atoms with van der Waals surface area (Å²) in [6.45, 7) is 13.1. The van der Waals surface area contributed by atoms with Crippen LogP contribution in [-0.4, -0.2) is 51.3 Å². The fourth-order valence-electron chi connectivity index (χ4n) is 2.79. The van der Waals surface area contributed by atoms with Gasteiger partial charge in [-0.05, 0) is 51.2 Å². The standard InChI is InChI=1S/C14H30N2O/c1-5-17-10-9-16(4)12-14(2,3)13-7-6-8-15-11-13/h13,15H,5-12H2,1-4H3. The maximum Gasteiger partial charge on any atom is 0.0593 e. The summed E-state index contributed by atoms with van der Waals surface area (Å²) in [4.78, 5) is 2.41. The molecular formula is C14H30N2O. The zero-order chi connectivity index (χ0) is 12.7. The van der Waals surface area contributed by atoms with Gasteiger partial charge in [0.05, 0.1) is 6.61 Å². The van der Waals surface area contributed by atoms with E-state index in [4.69, 9.17) is 4.74 Å². The second-order valence-corrected chi connectivity index (χ2v) is 5.97. The lowest BCUT2D eigenvalue weighted by molar-refractivity contribution is 0.0808. The van der Waals surface area contributed by atoms with E-state index in [9.17, 15) is 0 Å². The Morgan fingerprint density at radius 1 is 1.41 bits per heavy atom. The summed E-state index contributed by atoms with van der Waals surface area (Å²) < 4.78 is 5.41. The molecule has 0 aliphatic carbocycles. The Kier molecular flexibility index (Phi) is 6.45. The first-order valence-corrected chi connectivity index (χ1v) is 7.03. The van der Waals surface area contributed by atoms with E-state index in [-0.39, 0.29) is 0 Å². The van der Waals surface area contributed by atoms with Gasteiger partial charge in [0, 0.05) is 19.7 Å². The molecule has 1 unspecified atom stereocenters. The third-order valence-corrected chi connectivity index (χ3v) is 3.90. The first-order chi connectivity index (χ1) is 8.06. The van der Waals surface area contributed by atoms with Crippen LogP contribution in [0.15, 0.2) is 0 Å². The van der Waals surface area contributed by atoms with E-state index >= 15 is 0 Å². The van der Waals surface area contributed by atoms with Crippen molar-refractivity contribution in [1.29, 1.82) is 0 Å². The molecule has 1 saturated heterocycles. The molecule has 0 amide bonds. The Bertz CT molecular complexity index is 200. The van der Waals surface area contributed by atoms with E-state index in [2.05, 4.69) is 38.0 Å². The summed E-state index contributed by atoms with van der Waals surface area (Å²) in [5.41, 5.74) is 0.397. The van der Waals surface area contributed by atoms with Crippen LogP contribution in [0.5, 0.6) is 0 Å². The molecule has 1 rings (SSSR count).